The lowest BCUT2D eigenvalue weighted by Gasteiger charge is -2.25. The molecule has 1 aromatic rings. The first kappa shape index (κ1) is 14.2. The quantitative estimate of drug-likeness (QED) is 0.801. The second kappa shape index (κ2) is 5.66. The molecule has 0 aliphatic heterocycles. The Bertz CT molecular complexity index is 382. The lowest BCUT2D eigenvalue weighted by atomic mass is 10.3. The van der Waals surface area contributed by atoms with E-state index >= 15 is 0 Å². The van der Waals surface area contributed by atoms with Crippen LogP contribution in [0.3, 0.4) is 0 Å². The minimum atomic E-state index is -4.25. The second-order valence-corrected chi connectivity index (χ2v) is 4.44. The largest absolute Gasteiger partial charge is 0.405 e. The van der Waals surface area contributed by atoms with Gasteiger partial charge in [-0.3, -0.25) is 4.98 Å². The molecule has 0 saturated carbocycles. The van der Waals surface area contributed by atoms with Crippen LogP contribution in [0.15, 0.2) is 6.20 Å². The van der Waals surface area contributed by atoms with Gasteiger partial charge in [-0.15, -0.1) is 0 Å². The van der Waals surface area contributed by atoms with Crippen LogP contribution in [0, 0.1) is 13.8 Å². The number of hydrogen-bond donors (Lipinski definition) is 0. The fraction of sp³-hybridized carbons (Fsp3) is 0.600. The standard InChI is InChI=1S/C10H13BrF3N3/c1-7-5-15-8(2)9(16-7)17(4-3-11)6-10(12,13)14/h5H,3-4,6H2,1-2H3. The van der Waals surface area contributed by atoms with Crippen molar-refractivity contribution in [2.24, 2.45) is 0 Å². The number of anilines is 1. The van der Waals surface area contributed by atoms with Crippen molar-refractivity contribution in [1.29, 1.82) is 0 Å². The van der Waals surface area contributed by atoms with Crippen molar-refractivity contribution >= 4 is 21.7 Å². The van der Waals surface area contributed by atoms with Gasteiger partial charge in [0, 0.05) is 18.1 Å². The molecule has 1 rings (SSSR count). The second-order valence-electron chi connectivity index (χ2n) is 3.65. The normalized spacial score (nSPS) is 11.6. The molecule has 0 aliphatic carbocycles. The lowest BCUT2D eigenvalue weighted by molar-refractivity contribution is -0.119. The SMILES string of the molecule is Cc1cnc(C)c(N(CCBr)CC(F)(F)F)n1. The summed E-state index contributed by atoms with van der Waals surface area (Å²) in [5.74, 6) is 0.293. The molecule has 1 aromatic heterocycles. The lowest BCUT2D eigenvalue weighted by Crippen LogP contribution is -2.36. The minimum absolute atomic E-state index is 0.235. The van der Waals surface area contributed by atoms with Gasteiger partial charge in [0.1, 0.15) is 6.54 Å². The van der Waals surface area contributed by atoms with E-state index in [2.05, 4.69) is 25.9 Å². The summed E-state index contributed by atoms with van der Waals surface area (Å²) >= 11 is 3.14. The summed E-state index contributed by atoms with van der Waals surface area (Å²) < 4.78 is 37.3. The van der Waals surface area contributed by atoms with Crippen LogP contribution in [-0.4, -0.2) is 34.6 Å². The van der Waals surface area contributed by atoms with Gasteiger partial charge in [0.25, 0.3) is 0 Å². The summed E-state index contributed by atoms with van der Waals surface area (Å²) in [7, 11) is 0. The molecular weight excluding hydrogens is 299 g/mol. The number of aromatic nitrogens is 2. The number of rotatable bonds is 4. The fourth-order valence-electron chi connectivity index (χ4n) is 1.40. The van der Waals surface area contributed by atoms with Crippen LogP contribution in [0.4, 0.5) is 19.0 Å². The summed E-state index contributed by atoms with van der Waals surface area (Å²) in [4.78, 5) is 9.33. The summed E-state index contributed by atoms with van der Waals surface area (Å²) in [5.41, 5.74) is 1.10. The Labute approximate surface area is 106 Å². The Morgan fingerprint density at radius 3 is 2.53 bits per heavy atom. The molecule has 1 heterocycles. The summed E-state index contributed by atoms with van der Waals surface area (Å²) in [6, 6.07) is 0. The maximum Gasteiger partial charge on any atom is 0.405 e. The number of aryl methyl sites for hydroxylation is 2. The monoisotopic (exact) mass is 311 g/mol. The van der Waals surface area contributed by atoms with Crippen LogP contribution in [0.1, 0.15) is 11.4 Å². The van der Waals surface area contributed by atoms with E-state index in [9.17, 15) is 13.2 Å². The summed E-state index contributed by atoms with van der Waals surface area (Å²) in [6.45, 7) is 2.57. The van der Waals surface area contributed by atoms with Crippen LogP contribution in [0.5, 0.6) is 0 Å². The highest BCUT2D eigenvalue weighted by molar-refractivity contribution is 9.09. The molecule has 0 radical (unpaired) electrons. The Morgan fingerprint density at radius 1 is 1.35 bits per heavy atom. The van der Waals surface area contributed by atoms with E-state index in [-0.39, 0.29) is 6.54 Å². The average Bonchev–Trinajstić information content (AvgIpc) is 2.19. The molecule has 0 fully saturated rings. The third-order valence-corrected chi connectivity index (χ3v) is 2.43. The predicted molar refractivity (Wildman–Crippen MR) is 63.6 cm³/mol. The van der Waals surface area contributed by atoms with Gasteiger partial charge in [0.15, 0.2) is 5.82 Å². The summed E-state index contributed by atoms with van der Waals surface area (Å²) in [5, 5.41) is 0.443. The number of halogens is 4. The molecule has 0 aromatic carbocycles. The van der Waals surface area contributed by atoms with Crippen LogP contribution in [0.25, 0.3) is 0 Å². The smallest absolute Gasteiger partial charge is 0.345 e. The van der Waals surface area contributed by atoms with Crippen molar-refractivity contribution in [3.8, 4) is 0 Å². The molecule has 7 heteroatoms. The van der Waals surface area contributed by atoms with Crippen molar-refractivity contribution < 1.29 is 13.2 Å². The van der Waals surface area contributed by atoms with Crippen LogP contribution in [0.2, 0.25) is 0 Å². The molecule has 0 aliphatic rings. The molecule has 0 saturated heterocycles. The van der Waals surface area contributed by atoms with Crippen molar-refractivity contribution in [1.82, 2.24) is 9.97 Å². The van der Waals surface area contributed by atoms with Gasteiger partial charge in [-0.1, -0.05) is 15.9 Å². The van der Waals surface area contributed by atoms with Crippen LogP contribution < -0.4 is 4.90 Å². The van der Waals surface area contributed by atoms with Crippen LogP contribution >= 0.6 is 15.9 Å². The highest BCUT2D eigenvalue weighted by Crippen LogP contribution is 2.22. The fourth-order valence-corrected chi connectivity index (χ4v) is 1.83. The number of hydrogen-bond acceptors (Lipinski definition) is 3. The van der Waals surface area contributed by atoms with E-state index in [0.717, 1.165) is 0 Å². The number of alkyl halides is 4. The average molecular weight is 312 g/mol. The van der Waals surface area contributed by atoms with Crippen molar-refractivity contribution in [2.75, 3.05) is 23.3 Å². The molecule has 0 amide bonds. The van der Waals surface area contributed by atoms with E-state index < -0.39 is 12.7 Å². The van der Waals surface area contributed by atoms with Crippen molar-refractivity contribution in [3.63, 3.8) is 0 Å². The minimum Gasteiger partial charge on any atom is -0.345 e. The van der Waals surface area contributed by atoms with E-state index in [0.29, 0.717) is 22.5 Å². The molecular formula is C10H13BrF3N3. The Hall–Kier alpha value is -0.850. The zero-order valence-electron chi connectivity index (χ0n) is 9.55. The number of nitrogens with zero attached hydrogens (tertiary/aromatic N) is 3. The first-order chi connectivity index (χ1) is 7.83. The van der Waals surface area contributed by atoms with Gasteiger partial charge in [-0.05, 0) is 13.8 Å². The highest BCUT2D eigenvalue weighted by Gasteiger charge is 2.31. The predicted octanol–water partition coefficient (Wildman–Crippen LogP) is 2.86. The van der Waals surface area contributed by atoms with E-state index in [1.807, 2.05) is 0 Å². The molecule has 96 valence electrons. The molecule has 17 heavy (non-hydrogen) atoms. The van der Waals surface area contributed by atoms with E-state index in [4.69, 9.17) is 0 Å². The van der Waals surface area contributed by atoms with Gasteiger partial charge < -0.3 is 4.90 Å². The Kier molecular flexibility index (Phi) is 4.73. The van der Waals surface area contributed by atoms with Gasteiger partial charge in [0.05, 0.1) is 11.4 Å². The maximum atomic E-state index is 12.4. The van der Waals surface area contributed by atoms with Crippen LogP contribution in [-0.2, 0) is 0 Å². The Balaban J connectivity index is 3.00. The zero-order chi connectivity index (χ0) is 13.1. The van der Waals surface area contributed by atoms with E-state index in [1.54, 1.807) is 20.0 Å². The van der Waals surface area contributed by atoms with Gasteiger partial charge in [0.2, 0.25) is 0 Å². The first-order valence-corrected chi connectivity index (χ1v) is 6.13. The molecule has 0 spiro atoms. The molecule has 3 nitrogen and oxygen atoms in total. The third-order valence-electron chi connectivity index (χ3n) is 2.08. The molecule has 0 N–H and O–H groups in total. The summed E-state index contributed by atoms with van der Waals surface area (Å²) in [6.07, 6.45) is -2.71. The molecule has 0 unspecified atom stereocenters. The van der Waals surface area contributed by atoms with E-state index in [1.165, 1.54) is 4.90 Å². The first-order valence-electron chi connectivity index (χ1n) is 5.01. The van der Waals surface area contributed by atoms with Crippen molar-refractivity contribution in [2.45, 2.75) is 20.0 Å². The topological polar surface area (TPSA) is 29.0 Å². The van der Waals surface area contributed by atoms with Gasteiger partial charge >= 0.3 is 6.18 Å². The van der Waals surface area contributed by atoms with Crippen molar-refractivity contribution in [3.05, 3.63) is 17.6 Å². The third kappa shape index (κ3) is 4.49. The zero-order valence-corrected chi connectivity index (χ0v) is 11.1. The van der Waals surface area contributed by atoms with Gasteiger partial charge in [-0.2, -0.15) is 13.2 Å². The Morgan fingerprint density at radius 2 is 2.00 bits per heavy atom. The molecule has 0 atom stereocenters. The molecule has 0 bridgehead atoms. The van der Waals surface area contributed by atoms with Gasteiger partial charge in [-0.25, -0.2) is 4.98 Å². The maximum absolute atomic E-state index is 12.4. The highest BCUT2D eigenvalue weighted by atomic mass is 79.9.